The highest BCUT2D eigenvalue weighted by atomic mass is 16.6. The molecule has 0 radical (unpaired) electrons. The number of nitrogens with one attached hydrogen (secondary N) is 1. The van der Waals surface area contributed by atoms with Gasteiger partial charge in [-0.15, -0.1) is 0 Å². The van der Waals surface area contributed by atoms with Crippen LogP contribution in [0, 0.1) is 17.8 Å². The Morgan fingerprint density at radius 3 is 1.13 bits per heavy atom. The monoisotopic (exact) mass is 745 g/mol. The van der Waals surface area contributed by atoms with E-state index in [1.165, 1.54) is 0 Å². The molecule has 12 heteroatoms. The van der Waals surface area contributed by atoms with Crippen molar-refractivity contribution in [1.82, 2.24) is 15.1 Å². The van der Waals surface area contributed by atoms with Crippen molar-refractivity contribution in [2.24, 2.45) is 17.8 Å². The fraction of sp³-hybridized carbons (Fsp3) is 0.780. The van der Waals surface area contributed by atoms with E-state index >= 15 is 0 Å². The normalized spacial score (nSPS) is 26.5. The molecule has 3 heterocycles. The summed E-state index contributed by atoms with van der Waals surface area (Å²) < 4.78 is 35.0. The van der Waals surface area contributed by atoms with Crippen LogP contribution in [0.5, 0.6) is 17.2 Å². The van der Waals surface area contributed by atoms with Crippen molar-refractivity contribution < 1.29 is 42.8 Å². The van der Waals surface area contributed by atoms with Crippen LogP contribution in [0.15, 0.2) is 18.2 Å². The number of hydrogen-bond acceptors (Lipinski definition) is 12. The number of likely N-dealkylation sites (tertiary alicyclic amines) is 2. The molecule has 3 aliphatic heterocycles. The lowest BCUT2D eigenvalue weighted by Gasteiger charge is -2.37. The van der Waals surface area contributed by atoms with Crippen LogP contribution in [-0.4, -0.2) is 115 Å². The molecular weight excluding hydrogens is 678 g/mol. The van der Waals surface area contributed by atoms with Gasteiger partial charge in [0.15, 0.2) is 0 Å². The molecule has 4 rings (SSSR count). The van der Waals surface area contributed by atoms with Crippen molar-refractivity contribution in [3.63, 3.8) is 0 Å². The maximum atomic E-state index is 13.1. The molecule has 3 saturated heterocycles. The molecule has 1 aromatic rings. The van der Waals surface area contributed by atoms with Gasteiger partial charge in [-0.2, -0.15) is 0 Å². The molecule has 1 aromatic carbocycles. The van der Waals surface area contributed by atoms with Gasteiger partial charge in [0.05, 0.1) is 17.8 Å². The molecule has 0 spiro atoms. The maximum absolute atomic E-state index is 13.1. The average Bonchev–Trinajstić information content (AvgIpc) is 3.46. The zero-order chi connectivity index (χ0) is 39.8. The SMILES string of the molecule is CN1C(C)(C)CC(C(=O)OCCOc2cc(OCCOC(=O)C3CC(C)(C)NC3(C)C)cc(OCCOC(=O)C3CC(C)(C)N(C)C3(C)C)c2)C1(C)C. The fourth-order valence-electron chi connectivity index (χ4n) is 8.70. The number of hydrogen-bond donors (Lipinski definition) is 1. The van der Waals surface area contributed by atoms with Crippen LogP contribution in [0.1, 0.15) is 102 Å². The second-order valence-corrected chi connectivity index (χ2v) is 18.7. The summed E-state index contributed by atoms with van der Waals surface area (Å²) in [6, 6.07) is 5.13. The lowest BCUT2D eigenvalue weighted by Crippen LogP contribution is -2.48. The van der Waals surface area contributed by atoms with Crippen LogP contribution in [0.3, 0.4) is 0 Å². The third-order valence-electron chi connectivity index (χ3n) is 12.4. The fourth-order valence-corrected chi connectivity index (χ4v) is 8.70. The van der Waals surface area contributed by atoms with E-state index in [-0.39, 0.29) is 109 Å². The van der Waals surface area contributed by atoms with Crippen LogP contribution >= 0.6 is 0 Å². The molecule has 53 heavy (non-hydrogen) atoms. The van der Waals surface area contributed by atoms with Crippen LogP contribution in [0.25, 0.3) is 0 Å². The van der Waals surface area contributed by atoms with E-state index < -0.39 is 0 Å². The summed E-state index contributed by atoms with van der Waals surface area (Å²) in [6.07, 6.45) is 2.11. The van der Waals surface area contributed by atoms with Crippen molar-refractivity contribution in [3.8, 4) is 17.2 Å². The number of esters is 3. The predicted molar refractivity (Wildman–Crippen MR) is 203 cm³/mol. The topological polar surface area (TPSA) is 125 Å². The minimum absolute atomic E-state index is 0.0754. The number of rotatable bonds is 15. The number of carbonyl (C=O) groups excluding carboxylic acids is 3. The number of benzene rings is 1. The smallest absolute Gasteiger partial charge is 0.310 e. The van der Waals surface area contributed by atoms with Gasteiger partial charge in [0, 0.05) is 51.4 Å². The Labute approximate surface area is 317 Å². The van der Waals surface area contributed by atoms with Gasteiger partial charge >= 0.3 is 17.9 Å². The van der Waals surface area contributed by atoms with Crippen molar-refractivity contribution in [2.45, 2.75) is 136 Å². The summed E-state index contributed by atoms with van der Waals surface area (Å²) in [5.74, 6) is -0.162. The van der Waals surface area contributed by atoms with Crippen LogP contribution in [-0.2, 0) is 28.6 Å². The van der Waals surface area contributed by atoms with Gasteiger partial charge in [0.25, 0.3) is 0 Å². The van der Waals surface area contributed by atoms with Crippen molar-refractivity contribution in [3.05, 3.63) is 18.2 Å². The van der Waals surface area contributed by atoms with Crippen molar-refractivity contribution in [2.75, 3.05) is 53.7 Å². The summed E-state index contributed by atoms with van der Waals surface area (Å²) in [5, 5.41) is 3.51. The van der Waals surface area contributed by atoms with Gasteiger partial charge in [0.1, 0.15) is 56.9 Å². The first kappa shape index (κ1) is 42.6. The Morgan fingerprint density at radius 2 is 0.868 bits per heavy atom. The molecule has 0 amide bonds. The lowest BCUT2D eigenvalue weighted by molar-refractivity contribution is -0.152. The number of nitrogens with zero attached hydrogens (tertiary/aromatic N) is 2. The molecule has 3 unspecified atom stereocenters. The molecule has 3 atom stereocenters. The zero-order valence-corrected chi connectivity index (χ0v) is 34.9. The maximum Gasteiger partial charge on any atom is 0.310 e. The first-order chi connectivity index (χ1) is 24.3. The summed E-state index contributed by atoms with van der Waals surface area (Å²) in [7, 11) is 4.09. The van der Waals surface area contributed by atoms with E-state index in [0.29, 0.717) is 36.5 Å². The highest BCUT2D eigenvalue weighted by Gasteiger charge is 2.54. The van der Waals surface area contributed by atoms with Gasteiger partial charge in [-0.3, -0.25) is 24.2 Å². The van der Waals surface area contributed by atoms with Crippen LogP contribution in [0.4, 0.5) is 0 Å². The van der Waals surface area contributed by atoms with Crippen molar-refractivity contribution in [1.29, 1.82) is 0 Å². The molecule has 12 nitrogen and oxygen atoms in total. The Balaban J connectivity index is 1.34. The molecule has 0 aromatic heterocycles. The van der Waals surface area contributed by atoms with Gasteiger partial charge in [-0.1, -0.05) is 0 Å². The molecule has 300 valence electrons. The predicted octanol–water partition coefficient (Wildman–Crippen LogP) is 5.64. The highest BCUT2D eigenvalue weighted by Crippen LogP contribution is 2.45. The second-order valence-electron chi connectivity index (χ2n) is 18.7. The highest BCUT2D eigenvalue weighted by molar-refractivity contribution is 5.76. The Kier molecular flexibility index (Phi) is 12.5. The van der Waals surface area contributed by atoms with Gasteiger partial charge in [0.2, 0.25) is 0 Å². The Hall–Kier alpha value is -3.09. The Bertz CT molecular complexity index is 1410. The number of carbonyl (C=O) groups is 3. The second kappa shape index (κ2) is 15.6. The summed E-state index contributed by atoms with van der Waals surface area (Å²) >= 11 is 0. The third-order valence-corrected chi connectivity index (χ3v) is 12.4. The lowest BCUT2D eigenvalue weighted by atomic mass is 9.87. The van der Waals surface area contributed by atoms with E-state index in [9.17, 15) is 14.4 Å². The van der Waals surface area contributed by atoms with E-state index in [1.54, 1.807) is 18.2 Å². The molecule has 3 aliphatic rings. The Morgan fingerprint density at radius 1 is 0.547 bits per heavy atom. The zero-order valence-electron chi connectivity index (χ0n) is 34.9. The van der Waals surface area contributed by atoms with Crippen molar-refractivity contribution >= 4 is 17.9 Å². The summed E-state index contributed by atoms with van der Waals surface area (Å²) in [6.45, 7) is 25.6. The largest absolute Gasteiger partial charge is 0.490 e. The molecule has 1 N–H and O–H groups in total. The summed E-state index contributed by atoms with van der Waals surface area (Å²) in [4.78, 5) is 43.6. The minimum atomic E-state index is -0.373. The van der Waals surface area contributed by atoms with Gasteiger partial charge < -0.3 is 33.7 Å². The van der Waals surface area contributed by atoms with Crippen LogP contribution in [0.2, 0.25) is 0 Å². The quantitative estimate of drug-likeness (QED) is 0.136. The minimum Gasteiger partial charge on any atom is -0.490 e. The van der Waals surface area contributed by atoms with Crippen LogP contribution < -0.4 is 19.5 Å². The van der Waals surface area contributed by atoms with E-state index in [2.05, 4.69) is 84.4 Å². The molecule has 0 bridgehead atoms. The standard InChI is InChI=1S/C41H67N3O9/c1-36(2)24-30(39(7,8)42-36)33(45)51-18-15-48-27-21-28(49-16-19-52-34(46)31-25-37(3,4)43(13)40(31,9)10)23-29(22-27)50-17-20-53-35(47)32-26-38(5,6)44(14)41(32,11)12/h21-23,30-32,42H,15-20,24-26H2,1-14H3. The number of ether oxygens (including phenoxy) is 6. The molecule has 0 saturated carbocycles. The third kappa shape index (κ3) is 9.78. The van der Waals surface area contributed by atoms with Gasteiger partial charge in [-0.25, -0.2) is 0 Å². The molecule has 0 aliphatic carbocycles. The summed E-state index contributed by atoms with van der Waals surface area (Å²) in [5.41, 5.74) is -1.41. The van der Waals surface area contributed by atoms with Gasteiger partial charge in [-0.05, 0) is 116 Å². The molecular formula is C41H67N3O9. The average molecular weight is 746 g/mol. The first-order valence-corrected chi connectivity index (χ1v) is 19.1. The molecule has 3 fully saturated rings. The van der Waals surface area contributed by atoms with E-state index in [1.807, 2.05) is 27.9 Å². The first-order valence-electron chi connectivity index (χ1n) is 19.1. The van der Waals surface area contributed by atoms with E-state index in [0.717, 1.165) is 0 Å². The van der Waals surface area contributed by atoms with E-state index in [4.69, 9.17) is 28.4 Å².